The zero-order valence-corrected chi connectivity index (χ0v) is 16.5. The SMILES string of the molecule is NS(=O)(=O)c1ccc(-c2oc(COc3ccc(F)cc3)nc2-c2ccccc2)cc1. The predicted molar refractivity (Wildman–Crippen MR) is 109 cm³/mol. The van der Waals surface area contributed by atoms with Crippen LogP contribution in [0.5, 0.6) is 5.75 Å². The lowest BCUT2D eigenvalue weighted by Gasteiger charge is -2.03. The third kappa shape index (κ3) is 4.40. The van der Waals surface area contributed by atoms with Gasteiger partial charge in [0.2, 0.25) is 15.9 Å². The van der Waals surface area contributed by atoms with Gasteiger partial charge in [0.15, 0.2) is 12.4 Å². The van der Waals surface area contributed by atoms with E-state index in [1.165, 1.54) is 36.4 Å². The van der Waals surface area contributed by atoms with Crippen molar-refractivity contribution in [2.75, 3.05) is 0 Å². The maximum atomic E-state index is 13.1. The molecule has 0 saturated heterocycles. The first-order valence-corrected chi connectivity index (χ1v) is 10.5. The summed E-state index contributed by atoms with van der Waals surface area (Å²) >= 11 is 0. The highest BCUT2D eigenvalue weighted by atomic mass is 32.2. The second kappa shape index (κ2) is 8.10. The molecule has 6 nitrogen and oxygen atoms in total. The zero-order valence-electron chi connectivity index (χ0n) is 15.7. The number of hydrogen-bond acceptors (Lipinski definition) is 5. The Morgan fingerprint density at radius 1 is 0.900 bits per heavy atom. The second-order valence-electron chi connectivity index (χ2n) is 6.46. The summed E-state index contributed by atoms with van der Waals surface area (Å²) in [7, 11) is -3.79. The minimum absolute atomic E-state index is 0.00638. The van der Waals surface area contributed by atoms with Crippen LogP contribution in [0.4, 0.5) is 4.39 Å². The van der Waals surface area contributed by atoms with Gasteiger partial charge in [0.1, 0.15) is 17.3 Å². The molecule has 0 radical (unpaired) electrons. The van der Waals surface area contributed by atoms with Crippen molar-refractivity contribution in [3.63, 3.8) is 0 Å². The summed E-state index contributed by atoms with van der Waals surface area (Å²) in [5.41, 5.74) is 2.07. The minimum atomic E-state index is -3.79. The van der Waals surface area contributed by atoms with E-state index in [-0.39, 0.29) is 17.3 Å². The van der Waals surface area contributed by atoms with Crippen LogP contribution in [-0.4, -0.2) is 13.4 Å². The van der Waals surface area contributed by atoms with E-state index in [2.05, 4.69) is 4.98 Å². The number of aromatic nitrogens is 1. The molecule has 1 heterocycles. The Hall–Kier alpha value is -3.49. The van der Waals surface area contributed by atoms with Crippen molar-refractivity contribution in [3.05, 3.63) is 90.6 Å². The summed E-state index contributed by atoms with van der Waals surface area (Å²) < 4.78 is 47.7. The van der Waals surface area contributed by atoms with Gasteiger partial charge < -0.3 is 9.15 Å². The number of rotatable bonds is 6. The number of nitrogens with two attached hydrogens (primary N) is 1. The van der Waals surface area contributed by atoms with Gasteiger partial charge in [-0.1, -0.05) is 30.3 Å². The Labute approximate surface area is 172 Å². The van der Waals surface area contributed by atoms with Gasteiger partial charge in [-0.15, -0.1) is 0 Å². The monoisotopic (exact) mass is 424 g/mol. The predicted octanol–water partition coefficient (Wildman–Crippen LogP) is 4.37. The molecule has 30 heavy (non-hydrogen) atoms. The van der Waals surface area contributed by atoms with E-state index in [1.54, 1.807) is 12.1 Å². The molecule has 0 atom stereocenters. The average molecular weight is 424 g/mol. The molecule has 4 aromatic rings. The number of oxazole rings is 1. The topological polar surface area (TPSA) is 95.4 Å². The standard InChI is InChI=1S/C22H17FN2O4S/c23-17-8-10-18(11-9-17)28-14-20-25-21(15-4-2-1-3-5-15)22(29-20)16-6-12-19(13-7-16)30(24,26)27/h1-13H,14H2,(H2,24,26,27). The largest absolute Gasteiger partial charge is 0.484 e. The van der Waals surface area contributed by atoms with Crippen molar-refractivity contribution in [2.24, 2.45) is 5.14 Å². The number of sulfonamides is 1. The lowest BCUT2D eigenvalue weighted by molar-refractivity contribution is 0.264. The molecule has 152 valence electrons. The minimum Gasteiger partial charge on any atom is -0.484 e. The Morgan fingerprint density at radius 2 is 1.57 bits per heavy atom. The molecule has 0 unspecified atom stereocenters. The molecular formula is C22H17FN2O4S. The molecule has 0 bridgehead atoms. The molecular weight excluding hydrogens is 407 g/mol. The Kier molecular flexibility index (Phi) is 5.35. The fourth-order valence-electron chi connectivity index (χ4n) is 2.89. The van der Waals surface area contributed by atoms with E-state index >= 15 is 0 Å². The first-order chi connectivity index (χ1) is 14.4. The smallest absolute Gasteiger partial charge is 0.238 e. The van der Waals surface area contributed by atoms with Gasteiger partial charge in [-0.05, 0) is 48.5 Å². The van der Waals surface area contributed by atoms with E-state index in [4.69, 9.17) is 14.3 Å². The number of primary sulfonamides is 1. The van der Waals surface area contributed by atoms with Crippen LogP contribution in [0.1, 0.15) is 5.89 Å². The fourth-order valence-corrected chi connectivity index (χ4v) is 3.40. The molecule has 2 N–H and O–H groups in total. The summed E-state index contributed by atoms with van der Waals surface area (Å²) in [5, 5.41) is 5.17. The van der Waals surface area contributed by atoms with Crippen molar-refractivity contribution in [2.45, 2.75) is 11.5 Å². The lowest BCUT2D eigenvalue weighted by Crippen LogP contribution is -2.11. The van der Waals surface area contributed by atoms with Crippen LogP contribution in [0.3, 0.4) is 0 Å². The van der Waals surface area contributed by atoms with Crippen LogP contribution in [0.15, 0.2) is 88.2 Å². The molecule has 0 aliphatic rings. The summed E-state index contributed by atoms with van der Waals surface area (Å²) in [6.45, 7) is 0.0424. The van der Waals surface area contributed by atoms with Crippen LogP contribution >= 0.6 is 0 Å². The van der Waals surface area contributed by atoms with Gasteiger partial charge in [-0.3, -0.25) is 0 Å². The first kappa shape index (κ1) is 19.8. The summed E-state index contributed by atoms with van der Waals surface area (Å²) in [4.78, 5) is 4.56. The quantitative estimate of drug-likeness (QED) is 0.496. The highest BCUT2D eigenvalue weighted by molar-refractivity contribution is 7.89. The van der Waals surface area contributed by atoms with Crippen molar-refractivity contribution in [1.29, 1.82) is 0 Å². The Balaban J connectivity index is 1.68. The van der Waals surface area contributed by atoms with Gasteiger partial charge in [0.05, 0.1) is 4.90 Å². The van der Waals surface area contributed by atoms with Crippen LogP contribution in [0.25, 0.3) is 22.6 Å². The molecule has 0 saturated carbocycles. The first-order valence-electron chi connectivity index (χ1n) is 8.97. The summed E-state index contributed by atoms with van der Waals surface area (Å²) in [6, 6.07) is 21.1. The van der Waals surface area contributed by atoms with E-state index in [9.17, 15) is 12.8 Å². The Morgan fingerprint density at radius 3 is 2.20 bits per heavy atom. The Bertz CT molecular complexity index is 1250. The van der Waals surface area contributed by atoms with Crippen LogP contribution < -0.4 is 9.88 Å². The van der Waals surface area contributed by atoms with Gasteiger partial charge >= 0.3 is 0 Å². The molecule has 0 fully saturated rings. The third-order valence-corrected chi connectivity index (χ3v) is 5.27. The number of nitrogens with zero attached hydrogens (tertiary/aromatic N) is 1. The fraction of sp³-hybridized carbons (Fsp3) is 0.0455. The zero-order chi connectivity index (χ0) is 21.1. The average Bonchev–Trinajstić information content (AvgIpc) is 3.18. The van der Waals surface area contributed by atoms with Gasteiger partial charge in [-0.25, -0.2) is 22.9 Å². The number of halogens is 1. The highest BCUT2D eigenvalue weighted by Gasteiger charge is 2.18. The van der Waals surface area contributed by atoms with E-state index in [0.29, 0.717) is 28.7 Å². The second-order valence-corrected chi connectivity index (χ2v) is 8.02. The molecule has 1 aromatic heterocycles. The number of hydrogen-bond donors (Lipinski definition) is 1. The highest BCUT2D eigenvalue weighted by Crippen LogP contribution is 2.33. The normalized spacial score (nSPS) is 11.4. The lowest BCUT2D eigenvalue weighted by atomic mass is 10.1. The van der Waals surface area contributed by atoms with Crippen molar-refractivity contribution in [1.82, 2.24) is 4.98 Å². The summed E-state index contributed by atoms with van der Waals surface area (Å²) in [5.74, 6) is 0.925. The molecule has 0 aliphatic heterocycles. The molecule has 8 heteroatoms. The van der Waals surface area contributed by atoms with Crippen molar-refractivity contribution < 1.29 is 22.0 Å². The van der Waals surface area contributed by atoms with Crippen LogP contribution in [0, 0.1) is 5.82 Å². The van der Waals surface area contributed by atoms with Gasteiger partial charge in [0.25, 0.3) is 0 Å². The third-order valence-electron chi connectivity index (χ3n) is 4.34. The molecule has 0 spiro atoms. The molecule has 0 amide bonds. The van der Waals surface area contributed by atoms with Gasteiger partial charge in [0, 0.05) is 11.1 Å². The van der Waals surface area contributed by atoms with Crippen LogP contribution in [0.2, 0.25) is 0 Å². The van der Waals surface area contributed by atoms with Gasteiger partial charge in [-0.2, -0.15) is 0 Å². The summed E-state index contributed by atoms with van der Waals surface area (Å²) in [6.07, 6.45) is 0. The van der Waals surface area contributed by atoms with E-state index < -0.39 is 10.0 Å². The van der Waals surface area contributed by atoms with Crippen molar-refractivity contribution in [3.8, 4) is 28.3 Å². The maximum absolute atomic E-state index is 13.1. The number of benzene rings is 3. The van der Waals surface area contributed by atoms with E-state index in [0.717, 1.165) is 5.56 Å². The molecule has 4 rings (SSSR count). The van der Waals surface area contributed by atoms with Crippen molar-refractivity contribution >= 4 is 10.0 Å². The van der Waals surface area contributed by atoms with Crippen LogP contribution in [-0.2, 0) is 16.6 Å². The molecule has 3 aromatic carbocycles. The maximum Gasteiger partial charge on any atom is 0.238 e. The number of ether oxygens (including phenoxy) is 1. The van der Waals surface area contributed by atoms with E-state index in [1.807, 2.05) is 30.3 Å². The molecule has 0 aliphatic carbocycles.